The quantitative estimate of drug-likeness (QED) is 0.767. The van der Waals surface area contributed by atoms with Gasteiger partial charge in [0.25, 0.3) is 5.91 Å². The summed E-state index contributed by atoms with van der Waals surface area (Å²) in [7, 11) is 2.60. The van der Waals surface area contributed by atoms with Crippen LogP contribution in [0, 0.1) is 0 Å². The zero-order valence-electron chi connectivity index (χ0n) is 10.3. The highest BCUT2D eigenvalue weighted by Gasteiger charge is 2.37. The van der Waals surface area contributed by atoms with Crippen LogP contribution in [-0.4, -0.2) is 43.0 Å². The van der Waals surface area contributed by atoms with E-state index in [1.54, 1.807) is 13.2 Å². The van der Waals surface area contributed by atoms with Gasteiger partial charge in [-0.1, -0.05) is 6.07 Å². The first-order chi connectivity index (χ1) is 8.74. The zero-order chi connectivity index (χ0) is 12.7. The summed E-state index contributed by atoms with van der Waals surface area (Å²) < 4.78 is 5.30. The molecule has 1 saturated carbocycles. The minimum Gasteiger partial charge on any atom is -0.496 e. The summed E-state index contributed by atoms with van der Waals surface area (Å²) in [4.78, 5) is 14.4. The van der Waals surface area contributed by atoms with E-state index < -0.39 is 0 Å². The number of amides is 1. The first-order valence-electron chi connectivity index (χ1n) is 6.24. The molecule has 1 aromatic carbocycles. The molecule has 1 fully saturated rings. The average Bonchev–Trinajstić information content (AvgIpc) is 3.22. The number of methoxy groups -OCH3 is 1. The number of ether oxygens (including phenoxy) is 1. The Morgan fingerprint density at radius 1 is 1.44 bits per heavy atom. The number of hydrogen-bond acceptors (Lipinski definition) is 3. The highest BCUT2D eigenvalue weighted by Crippen LogP contribution is 2.34. The first-order valence-corrected chi connectivity index (χ1v) is 6.24. The van der Waals surface area contributed by atoms with Gasteiger partial charge in [0.05, 0.1) is 12.7 Å². The molecule has 0 unspecified atom stereocenters. The molecule has 4 nitrogen and oxygen atoms in total. The van der Waals surface area contributed by atoms with Crippen molar-refractivity contribution in [3.63, 3.8) is 0 Å². The van der Waals surface area contributed by atoms with Crippen LogP contribution in [0.5, 0.6) is 5.75 Å². The third-order valence-electron chi connectivity index (χ3n) is 3.66. The van der Waals surface area contributed by atoms with E-state index in [2.05, 4.69) is 0 Å². The lowest BCUT2D eigenvalue weighted by Crippen LogP contribution is -2.40. The summed E-state index contributed by atoms with van der Waals surface area (Å²) in [6, 6.07) is 3.99. The summed E-state index contributed by atoms with van der Waals surface area (Å²) in [5.41, 5.74) is 2.32. The number of hydrogen-bond donors (Lipinski definition) is 1. The molecule has 18 heavy (non-hydrogen) atoms. The molecule has 1 radical (unpaired) electrons. The second-order valence-electron chi connectivity index (χ2n) is 4.87. The third-order valence-corrected chi connectivity index (χ3v) is 3.66. The summed E-state index contributed by atoms with van der Waals surface area (Å²) >= 11 is 0. The molecule has 1 amide bonds. The highest BCUT2D eigenvalue weighted by atomic mass is 16.5. The summed E-state index contributed by atoms with van der Waals surface area (Å²) in [6.07, 6.45) is 3.06. The van der Waals surface area contributed by atoms with Gasteiger partial charge >= 0.3 is 7.48 Å². The van der Waals surface area contributed by atoms with Gasteiger partial charge in [0.2, 0.25) is 0 Å². The highest BCUT2D eigenvalue weighted by molar-refractivity contribution is 6.45. The van der Waals surface area contributed by atoms with Crippen molar-refractivity contribution in [1.29, 1.82) is 0 Å². The molecule has 93 valence electrons. The Morgan fingerprint density at radius 2 is 2.22 bits per heavy atom. The lowest BCUT2D eigenvalue weighted by Gasteiger charge is -2.30. The Labute approximate surface area is 107 Å². The molecule has 1 N–H and O–H groups in total. The molecule has 1 heterocycles. The van der Waals surface area contributed by atoms with Gasteiger partial charge in [-0.15, -0.1) is 0 Å². The molecule has 5 heteroatoms. The van der Waals surface area contributed by atoms with E-state index in [-0.39, 0.29) is 5.91 Å². The summed E-state index contributed by atoms with van der Waals surface area (Å²) in [5, 5.41) is 9.10. The van der Waals surface area contributed by atoms with Crippen LogP contribution in [0.1, 0.15) is 28.8 Å². The molecule has 0 saturated heterocycles. The normalized spacial score (nSPS) is 18.6. The van der Waals surface area contributed by atoms with Crippen molar-refractivity contribution >= 4 is 18.9 Å². The van der Waals surface area contributed by atoms with Crippen LogP contribution < -0.4 is 10.2 Å². The predicted molar refractivity (Wildman–Crippen MR) is 68.4 cm³/mol. The van der Waals surface area contributed by atoms with Gasteiger partial charge in [0.1, 0.15) is 5.75 Å². The van der Waals surface area contributed by atoms with Gasteiger partial charge in [-0.3, -0.25) is 4.79 Å². The van der Waals surface area contributed by atoms with E-state index in [1.165, 1.54) is 0 Å². The fourth-order valence-corrected chi connectivity index (χ4v) is 2.59. The summed E-state index contributed by atoms with van der Waals surface area (Å²) in [5.74, 6) is 0.628. The van der Waals surface area contributed by atoms with Crippen molar-refractivity contribution in [1.82, 2.24) is 4.90 Å². The van der Waals surface area contributed by atoms with E-state index in [9.17, 15) is 4.79 Å². The topological polar surface area (TPSA) is 49.8 Å². The molecule has 1 aliphatic carbocycles. The van der Waals surface area contributed by atoms with E-state index in [4.69, 9.17) is 9.76 Å². The van der Waals surface area contributed by atoms with Crippen LogP contribution >= 0.6 is 0 Å². The zero-order valence-corrected chi connectivity index (χ0v) is 10.3. The first kappa shape index (κ1) is 11.6. The summed E-state index contributed by atoms with van der Waals surface area (Å²) in [6.45, 7) is 0.772. The second-order valence-corrected chi connectivity index (χ2v) is 4.87. The standard InChI is InChI=1S/C13H15BNO3/c1-18-11-7-9(14-17)6-8-4-5-15(10-2-3-10)13(16)12(8)11/h6-7,10,17H,2-5H2,1H3. The molecule has 0 aromatic heterocycles. The number of rotatable bonds is 3. The van der Waals surface area contributed by atoms with Crippen molar-refractivity contribution in [2.45, 2.75) is 25.3 Å². The number of benzene rings is 1. The monoisotopic (exact) mass is 244 g/mol. The van der Waals surface area contributed by atoms with Crippen LogP contribution in [0.2, 0.25) is 0 Å². The third kappa shape index (κ3) is 1.79. The van der Waals surface area contributed by atoms with E-state index in [1.807, 2.05) is 11.0 Å². The van der Waals surface area contributed by atoms with Crippen LogP contribution in [0.15, 0.2) is 12.1 Å². The number of fused-ring (bicyclic) bond motifs is 1. The average molecular weight is 244 g/mol. The van der Waals surface area contributed by atoms with Crippen molar-refractivity contribution in [2.75, 3.05) is 13.7 Å². The Bertz CT molecular complexity index is 482. The molecule has 1 aromatic rings. The molecule has 1 aliphatic heterocycles. The van der Waals surface area contributed by atoms with Gasteiger partial charge in [-0.05, 0) is 36.4 Å². The Balaban J connectivity index is 2.04. The number of nitrogens with zero attached hydrogens (tertiary/aromatic N) is 1. The van der Waals surface area contributed by atoms with Crippen molar-refractivity contribution < 1.29 is 14.6 Å². The molecule has 3 rings (SSSR count). The minimum absolute atomic E-state index is 0.0695. The van der Waals surface area contributed by atoms with Crippen molar-refractivity contribution in [2.24, 2.45) is 0 Å². The Morgan fingerprint density at radius 3 is 2.83 bits per heavy atom. The lowest BCUT2D eigenvalue weighted by molar-refractivity contribution is 0.0723. The van der Waals surface area contributed by atoms with Gasteiger partial charge in [0.15, 0.2) is 0 Å². The van der Waals surface area contributed by atoms with E-state index in [0.717, 1.165) is 38.9 Å². The fourth-order valence-electron chi connectivity index (χ4n) is 2.59. The van der Waals surface area contributed by atoms with Gasteiger partial charge < -0.3 is 14.7 Å². The van der Waals surface area contributed by atoms with E-state index >= 15 is 0 Å². The SMILES string of the molecule is COc1cc([B]O)cc2c1C(=O)N(C1CC1)CC2. The van der Waals surface area contributed by atoms with Crippen LogP contribution in [0.25, 0.3) is 0 Å². The molecule has 0 atom stereocenters. The largest absolute Gasteiger partial charge is 0.496 e. The maximum atomic E-state index is 12.5. The maximum absolute atomic E-state index is 12.5. The molecule has 0 spiro atoms. The van der Waals surface area contributed by atoms with Gasteiger partial charge in [-0.25, -0.2) is 0 Å². The minimum atomic E-state index is 0.0695. The van der Waals surface area contributed by atoms with Crippen LogP contribution in [-0.2, 0) is 6.42 Å². The smallest absolute Gasteiger partial charge is 0.326 e. The van der Waals surface area contributed by atoms with Gasteiger partial charge in [0, 0.05) is 12.6 Å². The predicted octanol–water partition coefficient (Wildman–Crippen LogP) is 0.0927. The van der Waals surface area contributed by atoms with Gasteiger partial charge in [-0.2, -0.15) is 0 Å². The fraction of sp³-hybridized carbons (Fsp3) is 0.462. The lowest BCUT2D eigenvalue weighted by atomic mass is 9.84. The Hall–Kier alpha value is -1.49. The maximum Gasteiger partial charge on any atom is 0.326 e. The Kier molecular flexibility index (Phi) is 2.78. The van der Waals surface area contributed by atoms with E-state index in [0.29, 0.717) is 22.8 Å². The van der Waals surface area contributed by atoms with Crippen LogP contribution in [0.4, 0.5) is 0 Å². The van der Waals surface area contributed by atoms with Crippen LogP contribution in [0.3, 0.4) is 0 Å². The second kappa shape index (κ2) is 4.32. The molecule has 0 bridgehead atoms. The van der Waals surface area contributed by atoms with Crippen molar-refractivity contribution in [3.8, 4) is 5.75 Å². The number of carbonyl (C=O) groups is 1. The van der Waals surface area contributed by atoms with Crippen molar-refractivity contribution in [3.05, 3.63) is 23.3 Å². The number of carbonyl (C=O) groups excluding carboxylic acids is 1. The molecular formula is C13H15BNO3. The molecular weight excluding hydrogens is 229 g/mol. The molecule has 2 aliphatic rings.